The Morgan fingerprint density at radius 1 is 1.17 bits per heavy atom. The van der Waals surface area contributed by atoms with Gasteiger partial charge in [-0.15, -0.1) is 0 Å². The highest BCUT2D eigenvalue weighted by Gasteiger charge is 2.44. The lowest BCUT2D eigenvalue weighted by molar-refractivity contribution is -0.0900. The normalized spacial score (nSPS) is 34.2. The zero-order valence-electron chi connectivity index (χ0n) is 8.52. The summed E-state index contributed by atoms with van der Waals surface area (Å²) in [4.78, 5) is 0. The molecule has 0 aromatic rings. The topological polar surface area (TPSA) is 9.23 Å². The lowest BCUT2D eigenvalue weighted by atomic mass is 9.66. The molecule has 0 spiro atoms. The van der Waals surface area contributed by atoms with Gasteiger partial charge in [-0.3, -0.25) is 0 Å². The molecule has 1 saturated carbocycles. The van der Waals surface area contributed by atoms with E-state index >= 15 is 0 Å². The first-order valence-corrected chi connectivity index (χ1v) is 4.81. The van der Waals surface area contributed by atoms with E-state index in [1.807, 2.05) is 0 Å². The van der Waals surface area contributed by atoms with E-state index in [0.29, 0.717) is 5.41 Å². The fraction of sp³-hybridized carbons (Fsp3) is 0.818. The molecule has 0 aromatic heterocycles. The van der Waals surface area contributed by atoms with Gasteiger partial charge < -0.3 is 4.74 Å². The van der Waals surface area contributed by atoms with Gasteiger partial charge in [-0.05, 0) is 26.2 Å². The Hall–Kier alpha value is -0.460. The van der Waals surface area contributed by atoms with Crippen molar-refractivity contribution < 1.29 is 4.74 Å². The molecule has 1 aliphatic carbocycles. The van der Waals surface area contributed by atoms with E-state index in [9.17, 15) is 0 Å². The maximum absolute atomic E-state index is 5.65. The third kappa shape index (κ3) is 1.50. The van der Waals surface area contributed by atoms with E-state index in [1.165, 1.54) is 19.3 Å². The molecule has 1 nitrogen and oxygen atoms in total. The summed E-state index contributed by atoms with van der Waals surface area (Å²) in [6.45, 7) is 10.4. The maximum atomic E-state index is 5.65. The largest absolute Gasteiger partial charge is 0.495 e. The molecule has 0 aliphatic heterocycles. The van der Waals surface area contributed by atoms with Crippen LogP contribution in [0.25, 0.3) is 0 Å². The van der Waals surface area contributed by atoms with E-state index in [1.54, 1.807) is 6.26 Å². The van der Waals surface area contributed by atoms with Gasteiger partial charge in [-0.2, -0.15) is 0 Å². The monoisotopic (exact) mass is 168 g/mol. The number of ether oxygens (including phenoxy) is 1. The van der Waals surface area contributed by atoms with Crippen LogP contribution < -0.4 is 0 Å². The molecule has 0 radical (unpaired) electrons. The van der Waals surface area contributed by atoms with Crippen LogP contribution in [0.15, 0.2) is 12.8 Å². The predicted molar refractivity (Wildman–Crippen MR) is 51.9 cm³/mol. The number of hydrogen-bond donors (Lipinski definition) is 0. The van der Waals surface area contributed by atoms with E-state index in [4.69, 9.17) is 4.74 Å². The molecule has 70 valence electrons. The quantitative estimate of drug-likeness (QED) is 0.573. The van der Waals surface area contributed by atoms with Crippen molar-refractivity contribution in [2.24, 2.45) is 5.41 Å². The van der Waals surface area contributed by atoms with Gasteiger partial charge in [0.25, 0.3) is 0 Å². The molecule has 1 unspecified atom stereocenters. The summed E-state index contributed by atoms with van der Waals surface area (Å²) < 4.78 is 5.65. The standard InChI is InChI=1S/C11H20O/c1-5-12-11(4)9-7-6-8-10(11,2)3/h5H,1,6-9H2,2-4H3. The van der Waals surface area contributed by atoms with Gasteiger partial charge in [-0.25, -0.2) is 0 Å². The van der Waals surface area contributed by atoms with Crippen molar-refractivity contribution in [2.75, 3.05) is 0 Å². The predicted octanol–water partition coefficient (Wildman–Crippen LogP) is 3.51. The van der Waals surface area contributed by atoms with E-state index < -0.39 is 0 Å². The van der Waals surface area contributed by atoms with Crippen LogP contribution in [0.5, 0.6) is 0 Å². The van der Waals surface area contributed by atoms with Gasteiger partial charge in [-0.1, -0.05) is 26.8 Å². The van der Waals surface area contributed by atoms with Crippen molar-refractivity contribution in [3.63, 3.8) is 0 Å². The summed E-state index contributed by atoms with van der Waals surface area (Å²) in [5.74, 6) is 0. The minimum atomic E-state index is 0.00694. The third-order valence-electron chi connectivity index (χ3n) is 3.48. The first-order chi connectivity index (χ1) is 5.52. The molecule has 1 aliphatic rings. The second-order valence-corrected chi connectivity index (χ2v) is 4.61. The van der Waals surface area contributed by atoms with Crippen molar-refractivity contribution in [3.8, 4) is 0 Å². The molecule has 0 heterocycles. The average molecular weight is 168 g/mol. The van der Waals surface area contributed by atoms with Crippen molar-refractivity contribution in [3.05, 3.63) is 12.8 Å². The lowest BCUT2D eigenvalue weighted by Gasteiger charge is -2.46. The van der Waals surface area contributed by atoms with Crippen LogP contribution >= 0.6 is 0 Å². The molecule has 1 atom stereocenters. The molecule has 0 N–H and O–H groups in total. The minimum Gasteiger partial charge on any atom is -0.495 e. The van der Waals surface area contributed by atoms with Gasteiger partial charge in [0.1, 0.15) is 5.60 Å². The van der Waals surface area contributed by atoms with Gasteiger partial charge in [0.2, 0.25) is 0 Å². The highest BCUT2D eigenvalue weighted by Crippen LogP contribution is 2.45. The maximum Gasteiger partial charge on any atom is 0.110 e. The summed E-state index contributed by atoms with van der Waals surface area (Å²) in [5.41, 5.74) is 0.298. The number of rotatable bonds is 2. The van der Waals surface area contributed by atoms with E-state index in [-0.39, 0.29) is 5.60 Å². The Kier molecular flexibility index (Phi) is 2.50. The van der Waals surface area contributed by atoms with Crippen molar-refractivity contribution >= 4 is 0 Å². The Morgan fingerprint density at radius 2 is 1.75 bits per heavy atom. The minimum absolute atomic E-state index is 0.00694. The van der Waals surface area contributed by atoms with Crippen LogP contribution in [0.4, 0.5) is 0 Å². The van der Waals surface area contributed by atoms with Crippen molar-refractivity contribution in [1.82, 2.24) is 0 Å². The zero-order valence-corrected chi connectivity index (χ0v) is 8.52. The van der Waals surface area contributed by atoms with Crippen LogP contribution in [0.2, 0.25) is 0 Å². The highest BCUT2D eigenvalue weighted by molar-refractivity contribution is 4.95. The van der Waals surface area contributed by atoms with Crippen LogP contribution in [0, 0.1) is 5.41 Å². The third-order valence-corrected chi connectivity index (χ3v) is 3.48. The molecule has 0 amide bonds. The molecule has 1 heteroatoms. The molecule has 0 aromatic carbocycles. The summed E-state index contributed by atoms with van der Waals surface area (Å²) in [5, 5.41) is 0. The zero-order chi connectivity index (χ0) is 9.24. The second-order valence-electron chi connectivity index (χ2n) is 4.61. The Bertz CT molecular complexity index is 172. The fourth-order valence-corrected chi connectivity index (χ4v) is 2.03. The smallest absolute Gasteiger partial charge is 0.110 e. The van der Waals surface area contributed by atoms with Crippen LogP contribution in [-0.2, 0) is 4.74 Å². The van der Waals surface area contributed by atoms with Gasteiger partial charge in [0.15, 0.2) is 0 Å². The lowest BCUT2D eigenvalue weighted by Crippen LogP contribution is -2.45. The molecule has 1 fully saturated rings. The summed E-state index contributed by atoms with van der Waals surface area (Å²) in [7, 11) is 0. The fourth-order valence-electron chi connectivity index (χ4n) is 2.03. The molecule has 1 rings (SSSR count). The van der Waals surface area contributed by atoms with Gasteiger partial charge in [0.05, 0.1) is 6.26 Å². The Morgan fingerprint density at radius 3 is 2.25 bits per heavy atom. The first-order valence-electron chi connectivity index (χ1n) is 4.81. The van der Waals surface area contributed by atoms with Gasteiger partial charge >= 0.3 is 0 Å². The van der Waals surface area contributed by atoms with Crippen molar-refractivity contribution in [1.29, 1.82) is 0 Å². The summed E-state index contributed by atoms with van der Waals surface area (Å²) in [6.07, 6.45) is 6.63. The first kappa shape index (κ1) is 9.63. The molecule has 12 heavy (non-hydrogen) atoms. The van der Waals surface area contributed by atoms with Crippen molar-refractivity contribution in [2.45, 2.75) is 52.1 Å². The Labute approximate surface area is 75.8 Å². The van der Waals surface area contributed by atoms with Crippen LogP contribution in [0.3, 0.4) is 0 Å². The molecule has 0 bridgehead atoms. The van der Waals surface area contributed by atoms with Gasteiger partial charge in [0, 0.05) is 5.41 Å². The molecular formula is C11H20O. The highest BCUT2D eigenvalue weighted by atomic mass is 16.5. The van der Waals surface area contributed by atoms with Crippen LogP contribution in [0.1, 0.15) is 46.5 Å². The average Bonchev–Trinajstić information content (AvgIpc) is 1.96. The number of hydrogen-bond acceptors (Lipinski definition) is 1. The second kappa shape index (κ2) is 3.12. The molecule has 0 saturated heterocycles. The SMILES string of the molecule is C=COC1(C)CCCCC1(C)C. The molecular weight excluding hydrogens is 148 g/mol. The van der Waals surface area contributed by atoms with E-state index in [0.717, 1.165) is 6.42 Å². The van der Waals surface area contributed by atoms with Crippen LogP contribution in [-0.4, -0.2) is 5.60 Å². The van der Waals surface area contributed by atoms with E-state index in [2.05, 4.69) is 27.4 Å². The summed E-state index contributed by atoms with van der Waals surface area (Å²) in [6, 6.07) is 0. The Balaban J connectivity index is 2.76. The summed E-state index contributed by atoms with van der Waals surface area (Å²) >= 11 is 0.